The normalized spacial score (nSPS) is 24.1. The lowest BCUT2D eigenvalue weighted by atomic mass is 10.0. The maximum atomic E-state index is 12.8. The van der Waals surface area contributed by atoms with Crippen LogP contribution in [0.15, 0.2) is 18.2 Å². The van der Waals surface area contributed by atoms with Crippen LogP contribution in [0.4, 0.5) is 0 Å². The number of benzene rings is 1. The molecule has 1 amide bonds. The molecule has 0 aromatic heterocycles. The van der Waals surface area contributed by atoms with Gasteiger partial charge in [0.1, 0.15) is 12.4 Å². The number of morpholine rings is 1. The van der Waals surface area contributed by atoms with Crippen molar-refractivity contribution in [3.8, 4) is 5.75 Å². The number of amides is 1. The van der Waals surface area contributed by atoms with E-state index in [9.17, 15) is 4.79 Å². The van der Waals surface area contributed by atoms with Crippen LogP contribution in [0.3, 0.4) is 0 Å². The summed E-state index contributed by atoms with van der Waals surface area (Å²) in [6, 6.07) is 5.55. The predicted octanol–water partition coefficient (Wildman–Crippen LogP) is 2.75. The van der Waals surface area contributed by atoms with E-state index >= 15 is 0 Å². The average molecular weight is 455 g/mol. The molecule has 9 heteroatoms. The zero-order valence-corrected chi connectivity index (χ0v) is 18.6. The summed E-state index contributed by atoms with van der Waals surface area (Å²) in [5.41, 5.74) is 5.95. The predicted molar refractivity (Wildman–Crippen MR) is 116 cm³/mol. The Morgan fingerprint density at radius 2 is 2.14 bits per heavy atom. The Bertz CT molecular complexity index is 648. The molecule has 3 atom stereocenters. The highest BCUT2D eigenvalue weighted by atomic mass is 35.5. The number of ether oxygens (including phenoxy) is 2. The summed E-state index contributed by atoms with van der Waals surface area (Å²) in [6.07, 6.45) is 1.17. The number of fused-ring (bicyclic) bond motifs is 1. The number of halogens is 3. The van der Waals surface area contributed by atoms with Crippen LogP contribution < -0.4 is 15.8 Å². The quantitative estimate of drug-likeness (QED) is 0.691. The lowest BCUT2D eigenvalue weighted by Gasteiger charge is -2.36. The highest BCUT2D eigenvalue weighted by Gasteiger charge is 2.38. The van der Waals surface area contributed by atoms with Crippen LogP contribution in [-0.2, 0) is 4.74 Å². The van der Waals surface area contributed by atoms with E-state index in [-0.39, 0.29) is 42.9 Å². The van der Waals surface area contributed by atoms with Gasteiger partial charge in [-0.15, -0.1) is 24.8 Å². The van der Waals surface area contributed by atoms with Gasteiger partial charge in [0.25, 0.3) is 5.91 Å². The number of carbonyl (C=O) groups is 1. The third-order valence-corrected chi connectivity index (χ3v) is 5.32. The second kappa shape index (κ2) is 11.4. The van der Waals surface area contributed by atoms with Gasteiger partial charge in [-0.25, -0.2) is 0 Å². The molecule has 2 fully saturated rings. The molecule has 0 spiro atoms. The Balaban J connectivity index is 0.00000196. The van der Waals surface area contributed by atoms with E-state index in [0.29, 0.717) is 41.4 Å². The number of nitrogens with two attached hydrogens (primary N) is 1. The van der Waals surface area contributed by atoms with E-state index in [1.54, 1.807) is 18.2 Å². The summed E-state index contributed by atoms with van der Waals surface area (Å²) < 4.78 is 11.6. The van der Waals surface area contributed by atoms with Crippen LogP contribution in [0.2, 0.25) is 5.02 Å². The van der Waals surface area contributed by atoms with Gasteiger partial charge in [0.05, 0.1) is 18.3 Å². The fourth-order valence-corrected chi connectivity index (χ4v) is 3.82. The number of rotatable bonds is 6. The third kappa shape index (κ3) is 6.12. The molecular formula is C19H30Cl3N3O3. The van der Waals surface area contributed by atoms with Gasteiger partial charge in [0, 0.05) is 36.7 Å². The van der Waals surface area contributed by atoms with Gasteiger partial charge in [-0.2, -0.15) is 0 Å². The zero-order valence-electron chi connectivity index (χ0n) is 16.2. The van der Waals surface area contributed by atoms with Gasteiger partial charge < -0.3 is 20.5 Å². The number of nitrogens with one attached hydrogen (secondary N) is 1. The molecular weight excluding hydrogens is 425 g/mol. The molecule has 6 nitrogen and oxygen atoms in total. The van der Waals surface area contributed by atoms with E-state index in [0.717, 1.165) is 26.1 Å². The Hall–Kier alpha value is -0.760. The van der Waals surface area contributed by atoms with Gasteiger partial charge in [-0.1, -0.05) is 25.4 Å². The van der Waals surface area contributed by atoms with Crippen molar-refractivity contribution in [2.75, 3.05) is 32.8 Å². The third-order valence-electron chi connectivity index (χ3n) is 5.09. The van der Waals surface area contributed by atoms with Crippen molar-refractivity contribution in [2.45, 2.75) is 38.5 Å². The van der Waals surface area contributed by atoms with Gasteiger partial charge >= 0.3 is 0 Å². The summed E-state index contributed by atoms with van der Waals surface area (Å²) in [5, 5.41) is 3.64. The maximum absolute atomic E-state index is 12.8. The van der Waals surface area contributed by atoms with Crippen molar-refractivity contribution >= 4 is 42.3 Å². The van der Waals surface area contributed by atoms with Crippen molar-refractivity contribution in [3.63, 3.8) is 0 Å². The molecule has 160 valence electrons. The van der Waals surface area contributed by atoms with E-state index in [1.165, 1.54) is 0 Å². The second-order valence-electron chi connectivity index (χ2n) is 7.41. The minimum absolute atomic E-state index is 0. The fraction of sp³-hybridized carbons (Fsp3) is 0.632. The summed E-state index contributed by atoms with van der Waals surface area (Å²) in [6.45, 7) is 7.62. The van der Waals surface area contributed by atoms with Crippen LogP contribution in [-0.4, -0.2) is 61.8 Å². The monoisotopic (exact) mass is 453 g/mol. The smallest absolute Gasteiger partial charge is 0.255 e. The van der Waals surface area contributed by atoms with Crippen molar-refractivity contribution in [3.05, 3.63) is 28.8 Å². The minimum Gasteiger partial charge on any atom is -0.491 e. The maximum Gasteiger partial charge on any atom is 0.255 e. The molecule has 0 aliphatic carbocycles. The number of hydrogen-bond donors (Lipinski definition) is 2. The number of nitrogens with zero attached hydrogens (tertiary/aromatic N) is 1. The minimum atomic E-state index is -0.161. The molecule has 0 unspecified atom stereocenters. The largest absolute Gasteiger partial charge is 0.491 e. The first-order valence-electron chi connectivity index (χ1n) is 9.27. The van der Waals surface area contributed by atoms with Crippen molar-refractivity contribution in [1.82, 2.24) is 10.2 Å². The fourth-order valence-electron chi connectivity index (χ4n) is 3.65. The lowest BCUT2D eigenvalue weighted by molar-refractivity contribution is -0.0683. The summed E-state index contributed by atoms with van der Waals surface area (Å²) in [7, 11) is 0. The van der Waals surface area contributed by atoms with Gasteiger partial charge in [-0.3, -0.25) is 9.69 Å². The number of carbonyl (C=O) groups excluding carboxylic acids is 1. The Morgan fingerprint density at radius 3 is 2.82 bits per heavy atom. The summed E-state index contributed by atoms with van der Waals surface area (Å²) in [5.74, 6) is 0.847. The molecule has 28 heavy (non-hydrogen) atoms. The highest BCUT2D eigenvalue weighted by Crippen LogP contribution is 2.27. The van der Waals surface area contributed by atoms with Crippen LogP contribution in [0.5, 0.6) is 5.75 Å². The first kappa shape index (κ1) is 25.3. The molecule has 0 bridgehead atoms. The van der Waals surface area contributed by atoms with Crippen LogP contribution in [0.25, 0.3) is 0 Å². The molecule has 3 rings (SSSR count). The highest BCUT2D eigenvalue weighted by molar-refractivity contribution is 6.31. The van der Waals surface area contributed by atoms with Crippen molar-refractivity contribution in [1.29, 1.82) is 0 Å². The van der Waals surface area contributed by atoms with E-state index in [4.69, 9.17) is 26.8 Å². The van der Waals surface area contributed by atoms with Gasteiger partial charge in [0.2, 0.25) is 0 Å². The first-order valence-corrected chi connectivity index (χ1v) is 9.64. The van der Waals surface area contributed by atoms with E-state index < -0.39 is 0 Å². The topological polar surface area (TPSA) is 76.8 Å². The standard InChI is InChI=1S/C19H28ClN3O3.2ClH/c1-12(2)18-10-23-9-14(8-15(23)11-26-18)22-19(24)16-7-13(20)3-4-17(16)25-6-5-21;;/h3-4,7,12,14-15,18H,5-6,8-11,21H2,1-2H3,(H,22,24);2*1H/t14-,15+,18+;;/m1../s1. The molecule has 0 radical (unpaired) electrons. The molecule has 0 saturated carbocycles. The van der Waals surface area contributed by atoms with Gasteiger partial charge in [0.15, 0.2) is 0 Å². The molecule has 2 heterocycles. The van der Waals surface area contributed by atoms with E-state index in [1.807, 2.05) is 0 Å². The van der Waals surface area contributed by atoms with E-state index in [2.05, 4.69) is 24.1 Å². The summed E-state index contributed by atoms with van der Waals surface area (Å²) >= 11 is 6.07. The molecule has 1 aromatic carbocycles. The Kier molecular flexibility index (Phi) is 10.3. The molecule has 2 aliphatic rings. The molecule has 2 saturated heterocycles. The molecule has 2 aliphatic heterocycles. The van der Waals surface area contributed by atoms with Crippen LogP contribution in [0, 0.1) is 5.92 Å². The van der Waals surface area contributed by atoms with Crippen LogP contribution in [0.1, 0.15) is 30.6 Å². The first-order chi connectivity index (χ1) is 12.5. The van der Waals surface area contributed by atoms with Crippen LogP contribution >= 0.6 is 36.4 Å². The molecule has 3 N–H and O–H groups in total. The molecule has 1 aromatic rings. The zero-order chi connectivity index (χ0) is 18.7. The number of hydrogen-bond acceptors (Lipinski definition) is 5. The van der Waals surface area contributed by atoms with Gasteiger partial charge in [-0.05, 0) is 30.5 Å². The second-order valence-corrected chi connectivity index (χ2v) is 7.84. The summed E-state index contributed by atoms with van der Waals surface area (Å²) in [4.78, 5) is 15.2. The van der Waals surface area contributed by atoms with Crippen molar-refractivity contribution < 1.29 is 14.3 Å². The lowest BCUT2D eigenvalue weighted by Crippen LogP contribution is -2.48. The Morgan fingerprint density at radius 1 is 1.39 bits per heavy atom. The SMILES string of the molecule is CC(C)[C@@H]1CN2C[C@H](NC(=O)c3cc(Cl)ccc3OCCN)C[C@H]2CO1.Cl.Cl. The average Bonchev–Trinajstić information content (AvgIpc) is 3.01. The van der Waals surface area contributed by atoms with Crippen molar-refractivity contribution in [2.24, 2.45) is 11.7 Å². The Labute approximate surface area is 184 Å².